The smallest absolute Gasteiger partial charge is 0.182 e. The van der Waals surface area contributed by atoms with E-state index in [2.05, 4.69) is 6.58 Å². The predicted octanol–water partition coefficient (Wildman–Crippen LogP) is 1.52. The second-order valence-electron chi connectivity index (χ2n) is 2.09. The maximum absolute atomic E-state index is 7.43. The van der Waals surface area contributed by atoms with Crippen LogP contribution in [-0.2, 0) is 6.54 Å². The van der Waals surface area contributed by atoms with Gasteiger partial charge in [0.25, 0.3) is 0 Å². The largest absolute Gasteiger partial charge is 0.320 e. The Kier molecular flexibility index (Phi) is 2.06. The first-order chi connectivity index (χ1) is 4.74. The summed E-state index contributed by atoms with van der Waals surface area (Å²) in [6.45, 7) is 6.35. The number of aryl methyl sites for hydroxylation is 1. The molecule has 0 saturated heterocycles. The van der Waals surface area contributed by atoms with Crippen LogP contribution in [0.25, 0.3) is 0 Å². The minimum absolute atomic E-state index is 0.595. The third-order valence-corrected chi connectivity index (χ3v) is 2.04. The van der Waals surface area contributed by atoms with Crippen LogP contribution in [0.15, 0.2) is 18.9 Å². The van der Waals surface area contributed by atoms with E-state index in [-0.39, 0.29) is 0 Å². The summed E-state index contributed by atoms with van der Waals surface area (Å²) in [6, 6.07) is 0. The third-order valence-electron chi connectivity index (χ3n) is 1.18. The Bertz CT molecular complexity index is 282. The molecule has 10 heavy (non-hydrogen) atoms. The Hall–Kier alpha value is -0.830. The molecular formula is C7H10N2S. The van der Waals surface area contributed by atoms with Crippen LogP contribution in [-0.4, -0.2) is 4.57 Å². The fourth-order valence-electron chi connectivity index (χ4n) is 0.790. The molecule has 1 N–H and O–H groups in total. The van der Waals surface area contributed by atoms with Gasteiger partial charge >= 0.3 is 0 Å². The van der Waals surface area contributed by atoms with Crippen LogP contribution in [0.2, 0.25) is 0 Å². The Balaban J connectivity index is 3.03. The van der Waals surface area contributed by atoms with E-state index in [1.165, 1.54) is 16.2 Å². The molecule has 0 aromatic carbocycles. The molecule has 0 aliphatic heterocycles. The van der Waals surface area contributed by atoms with Gasteiger partial charge in [-0.05, 0) is 6.92 Å². The highest BCUT2D eigenvalue weighted by molar-refractivity contribution is 7.09. The zero-order chi connectivity index (χ0) is 7.56. The number of hydrogen-bond donors (Lipinski definition) is 1. The lowest BCUT2D eigenvalue weighted by atomic mass is 10.6. The highest BCUT2D eigenvalue weighted by Crippen LogP contribution is 1.99. The number of thiazole rings is 1. The molecule has 1 rings (SSSR count). The predicted molar refractivity (Wildman–Crippen MR) is 43.1 cm³/mol. The van der Waals surface area contributed by atoms with Gasteiger partial charge in [0.15, 0.2) is 4.80 Å². The summed E-state index contributed by atoms with van der Waals surface area (Å²) < 4.78 is 1.87. The molecule has 0 spiro atoms. The summed E-state index contributed by atoms with van der Waals surface area (Å²) in [7, 11) is 0. The van der Waals surface area contributed by atoms with Crippen molar-refractivity contribution in [2.24, 2.45) is 0 Å². The van der Waals surface area contributed by atoms with Gasteiger partial charge in [0.1, 0.15) is 0 Å². The average molecular weight is 154 g/mol. The highest BCUT2D eigenvalue weighted by atomic mass is 32.1. The van der Waals surface area contributed by atoms with Crippen molar-refractivity contribution in [2.75, 3.05) is 0 Å². The number of hydrogen-bond acceptors (Lipinski definition) is 2. The first kappa shape index (κ1) is 7.28. The van der Waals surface area contributed by atoms with E-state index in [1.54, 1.807) is 6.08 Å². The van der Waals surface area contributed by atoms with Gasteiger partial charge in [0.05, 0.1) is 0 Å². The number of aromatic nitrogens is 1. The first-order valence-electron chi connectivity index (χ1n) is 3.06. The molecular weight excluding hydrogens is 144 g/mol. The summed E-state index contributed by atoms with van der Waals surface area (Å²) in [5, 5.41) is 7.43. The fraction of sp³-hybridized carbons (Fsp3) is 0.286. The third kappa shape index (κ3) is 1.36. The topological polar surface area (TPSA) is 28.8 Å². The summed E-state index contributed by atoms with van der Waals surface area (Å²) in [6.07, 6.45) is 3.76. The van der Waals surface area contributed by atoms with Gasteiger partial charge in [-0.15, -0.1) is 17.9 Å². The van der Waals surface area contributed by atoms with Crippen molar-refractivity contribution in [1.82, 2.24) is 4.57 Å². The minimum atomic E-state index is 0.595. The molecule has 1 heterocycles. The zero-order valence-electron chi connectivity index (χ0n) is 5.92. The number of rotatable bonds is 2. The molecule has 0 atom stereocenters. The van der Waals surface area contributed by atoms with Crippen LogP contribution in [0.4, 0.5) is 0 Å². The summed E-state index contributed by atoms with van der Waals surface area (Å²) in [5.41, 5.74) is 0. The zero-order valence-corrected chi connectivity index (χ0v) is 6.74. The van der Waals surface area contributed by atoms with E-state index in [4.69, 9.17) is 5.41 Å². The second kappa shape index (κ2) is 2.84. The van der Waals surface area contributed by atoms with Crippen LogP contribution in [0.3, 0.4) is 0 Å². The molecule has 0 amide bonds. The summed E-state index contributed by atoms with van der Waals surface area (Å²) in [4.78, 5) is 1.77. The van der Waals surface area contributed by atoms with Gasteiger partial charge in [-0.2, -0.15) is 0 Å². The van der Waals surface area contributed by atoms with Crippen LogP contribution >= 0.6 is 11.3 Å². The number of allylic oxidation sites excluding steroid dienone is 1. The van der Waals surface area contributed by atoms with E-state index < -0.39 is 0 Å². The SMILES string of the molecule is C=CCn1cc(C)sc1=N. The van der Waals surface area contributed by atoms with Crippen molar-refractivity contribution >= 4 is 11.3 Å². The van der Waals surface area contributed by atoms with Gasteiger partial charge < -0.3 is 4.57 Å². The molecule has 2 nitrogen and oxygen atoms in total. The molecule has 0 saturated carbocycles. The fourth-order valence-corrected chi connectivity index (χ4v) is 1.52. The van der Waals surface area contributed by atoms with Crippen molar-refractivity contribution in [1.29, 1.82) is 5.41 Å². The van der Waals surface area contributed by atoms with Gasteiger partial charge in [0, 0.05) is 17.6 Å². The van der Waals surface area contributed by atoms with E-state index in [1.807, 2.05) is 17.7 Å². The van der Waals surface area contributed by atoms with Gasteiger partial charge in [0.2, 0.25) is 0 Å². The average Bonchev–Trinajstić information content (AvgIpc) is 2.13. The summed E-state index contributed by atoms with van der Waals surface area (Å²) >= 11 is 1.49. The first-order valence-corrected chi connectivity index (χ1v) is 3.88. The van der Waals surface area contributed by atoms with Crippen molar-refractivity contribution in [3.05, 3.63) is 28.5 Å². The van der Waals surface area contributed by atoms with E-state index in [0.29, 0.717) is 4.80 Å². The van der Waals surface area contributed by atoms with Crippen LogP contribution in [0.5, 0.6) is 0 Å². The van der Waals surface area contributed by atoms with Crippen molar-refractivity contribution < 1.29 is 0 Å². The number of nitrogens with one attached hydrogen (secondary N) is 1. The van der Waals surface area contributed by atoms with Crippen molar-refractivity contribution in [3.63, 3.8) is 0 Å². The number of nitrogens with zero attached hydrogens (tertiary/aromatic N) is 1. The molecule has 3 heteroatoms. The lowest BCUT2D eigenvalue weighted by molar-refractivity contribution is 0.778. The van der Waals surface area contributed by atoms with Gasteiger partial charge in [-0.1, -0.05) is 6.08 Å². The van der Waals surface area contributed by atoms with Crippen LogP contribution in [0, 0.1) is 12.3 Å². The molecule has 0 unspecified atom stereocenters. The molecule has 0 aliphatic carbocycles. The van der Waals surface area contributed by atoms with Gasteiger partial charge in [-0.3, -0.25) is 5.41 Å². The molecule has 0 aliphatic rings. The highest BCUT2D eigenvalue weighted by Gasteiger charge is 1.92. The molecule has 54 valence electrons. The van der Waals surface area contributed by atoms with Crippen LogP contribution in [0.1, 0.15) is 4.88 Å². The van der Waals surface area contributed by atoms with Crippen molar-refractivity contribution in [2.45, 2.75) is 13.5 Å². The minimum Gasteiger partial charge on any atom is -0.320 e. The second-order valence-corrected chi connectivity index (χ2v) is 3.32. The van der Waals surface area contributed by atoms with Gasteiger partial charge in [-0.25, -0.2) is 0 Å². The van der Waals surface area contributed by atoms with E-state index in [0.717, 1.165) is 6.54 Å². The molecule has 1 aromatic heterocycles. The quantitative estimate of drug-likeness (QED) is 0.626. The maximum atomic E-state index is 7.43. The lowest BCUT2D eigenvalue weighted by Crippen LogP contribution is -2.10. The Morgan fingerprint density at radius 1 is 1.90 bits per heavy atom. The summed E-state index contributed by atoms with van der Waals surface area (Å²) in [5.74, 6) is 0. The standard InChI is InChI=1S/C7H10N2S/c1-3-4-9-5-6(2)10-7(9)8/h3,5,8H,1,4H2,2H3. The Labute approximate surface area is 64.0 Å². The lowest BCUT2D eigenvalue weighted by Gasteiger charge is -1.92. The van der Waals surface area contributed by atoms with Crippen molar-refractivity contribution in [3.8, 4) is 0 Å². The van der Waals surface area contributed by atoms with E-state index in [9.17, 15) is 0 Å². The maximum Gasteiger partial charge on any atom is 0.182 e. The van der Waals surface area contributed by atoms with Crippen LogP contribution < -0.4 is 4.80 Å². The van der Waals surface area contributed by atoms with E-state index >= 15 is 0 Å². The molecule has 1 aromatic rings. The monoisotopic (exact) mass is 154 g/mol. The normalized spacial score (nSPS) is 9.70. The molecule has 0 fully saturated rings. The Morgan fingerprint density at radius 2 is 2.60 bits per heavy atom. The molecule has 0 radical (unpaired) electrons. The molecule has 0 bridgehead atoms. The Morgan fingerprint density at radius 3 is 3.00 bits per heavy atom.